The van der Waals surface area contributed by atoms with E-state index < -0.39 is 0 Å². The fraction of sp³-hybridized carbons (Fsp3) is 1.00. The Kier molecular flexibility index (Phi) is 9.66. The van der Waals surface area contributed by atoms with Crippen molar-refractivity contribution in [3.8, 4) is 0 Å². The highest BCUT2D eigenvalue weighted by Crippen LogP contribution is 2.63. The van der Waals surface area contributed by atoms with E-state index in [1.165, 1.54) is 71.0 Å². The Bertz CT molecular complexity index is 412. The third kappa shape index (κ3) is 4.61. The lowest BCUT2D eigenvalue weighted by Gasteiger charge is -2.68. The molecule has 0 amide bonds. The average molecular weight is 412 g/mol. The maximum Gasteiger partial charge on any atom is 0.103 e. The molecule has 0 aromatic heterocycles. The molecule has 166 valence electrons. The fourth-order valence-electron chi connectivity index (χ4n) is 8.16. The predicted octanol–water partition coefficient (Wildman–Crippen LogP) is 4.59. The molecule has 4 rings (SSSR count). The standard InChI is InChI=1S/C26H50N.ClH/c1-5-9-13-25-24-18-22-17-23(19-24)21-26(25,20-22)27(14-10-6-2,15-11-7-3)16-12-8-4;/h22-25H,5-21H2,1-4H3;1H/q+1;/p-1. The summed E-state index contributed by atoms with van der Waals surface area (Å²) in [6.45, 7) is 14.1. The zero-order valence-corrected chi connectivity index (χ0v) is 20.4. The number of hydrogen-bond donors (Lipinski definition) is 0. The molecule has 0 spiro atoms. The molecule has 0 aliphatic heterocycles. The molecule has 0 saturated heterocycles. The first-order valence-electron chi connectivity index (χ1n) is 13.0. The Morgan fingerprint density at radius 3 is 1.57 bits per heavy atom. The minimum atomic E-state index is 0. The van der Waals surface area contributed by atoms with Crippen LogP contribution in [0.3, 0.4) is 0 Å². The molecule has 0 heterocycles. The smallest absolute Gasteiger partial charge is 0.103 e. The van der Waals surface area contributed by atoms with E-state index in [4.69, 9.17) is 0 Å². The van der Waals surface area contributed by atoms with Crippen LogP contribution < -0.4 is 12.4 Å². The monoisotopic (exact) mass is 411 g/mol. The van der Waals surface area contributed by atoms with Crippen molar-refractivity contribution in [1.29, 1.82) is 0 Å². The molecule has 3 unspecified atom stereocenters. The molecule has 2 heteroatoms. The van der Waals surface area contributed by atoms with Crippen LogP contribution in [0.15, 0.2) is 0 Å². The van der Waals surface area contributed by atoms with Gasteiger partial charge in [-0.2, -0.15) is 0 Å². The minimum absolute atomic E-state index is 0. The van der Waals surface area contributed by atoms with Gasteiger partial charge in [-0.15, -0.1) is 0 Å². The summed E-state index contributed by atoms with van der Waals surface area (Å²) >= 11 is 0. The van der Waals surface area contributed by atoms with Crippen LogP contribution in [-0.4, -0.2) is 29.7 Å². The topological polar surface area (TPSA) is 0 Å². The molecule has 3 atom stereocenters. The number of hydrogen-bond acceptors (Lipinski definition) is 0. The van der Waals surface area contributed by atoms with E-state index in [0.29, 0.717) is 5.54 Å². The number of nitrogens with zero attached hydrogens (tertiary/aromatic N) is 1. The van der Waals surface area contributed by atoms with E-state index in [0.717, 1.165) is 23.7 Å². The molecule has 28 heavy (non-hydrogen) atoms. The van der Waals surface area contributed by atoms with Gasteiger partial charge in [-0.1, -0.05) is 59.8 Å². The first-order valence-corrected chi connectivity index (χ1v) is 13.0. The number of halogens is 1. The molecule has 4 fully saturated rings. The molecule has 4 aliphatic carbocycles. The number of unbranched alkanes of at least 4 members (excludes halogenated alkanes) is 4. The van der Waals surface area contributed by atoms with Crippen molar-refractivity contribution in [3.63, 3.8) is 0 Å². The molecule has 0 aromatic rings. The Morgan fingerprint density at radius 2 is 1.14 bits per heavy atom. The van der Waals surface area contributed by atoms with Crippen LogP contribution in [0.5, 0.6) is 0 Å². The van der Waals surface area contributed by atoms with Gasteiger partial charge in [0.1, 0.15) is 5.54 Å². The third-order valence-electron chi connectivity index (χ3n) is 9.11. The average Bonchev–Trinajstić information content (AvgIpc) is 2.66. The highest BCUT2D eigenvalue weighted by molar-refractivity contribution is 5.08. The number of rotatable bonds is 13. The Balaban J connectivity index is 0.00000280. The molecule has 0 aromatic carbocycles. The van der Waals surface area contributed by atoms with Crippen LogP contribution in [0.2, 0.25) is 0 Å². The lowest BCUT2D eigenvalue weighted by molar-refractivity contribution is -0.986. The summed E-state index contributed by atoms with van der Waals surface area (Å²) in [7, 11) is 0. The Morgan fingerprint density at radius 1 is 0.679 bits per heavy atom. The summed E-state index contributed by atoms with van der Waals surface area (Å²) in [5.74, 6) is 4.31. The highest BCUT2D eigenvalue weighted by Gasteiger charge is 2.65. The molecule has 0 radical (unpaired) electrons. The molecule has 4 aliphatic rings. The van der Waals surface area contributed by atoms with Crippen molar-refractivity contribution in [2.24, 2.45) is 23.7 Å². The van der Waals surface area contributed by atoms with Crippen molar-refractivity contribution < 1.29 is 16.9 Å². The van der Waals surface area contributed by atoms with E-state index in [1.807, 2.05) is 0 Å². The van der Waals surface area contributed by atoms with Gasteiger partial charge in [0.15, 0.2) is 0 Å². The van der Waals surface area contributed by atoms with Gasteiger partial charge in [0, 0.05) is 18.8 Å². The summed E-state index contributed by atoms with van der Waals surface area (Å²) in [5, 5.41) is 0. The SMILES string of the molecule is CCCCC1C2CC3CC(C2)CC1([N+](CCCC)(CCCC)CCCC)C3.[Cl-]. The van der Waals surface area contributed by atoms with Crippen molar-refractivity contribution in [2.45, 2.75) is 123 Å². The predicted molar refractivity (Wildman–Crippen MR) is 119 cm³/mol. The van der Waals surface area contributed by atoms with Gasteiger partial charge >= 0.3 is 0 Å². The molecular formula is C26H50ClN. The van der Waals surface area contributed by atoms with Crippen molar-refractivity contribution in [1.82, 2.24) is 0 Å². The highest BCUT2D eigenvalue weighted by atomic mass is 35.5. The second-order valence-corrected chi connectivity index (χ2v) is 10.8. The summed E-state index contributed by atoms with van der Waals surface area (Å²) in [5.41, 5.74) is 0.670. The Labute approximate surface area is 183 Å². The van der Waals surface area contributed by atoms with Crippen molar-refractivity contribution in [2.75, 3.05) is 19.6 Å². The van der Waals surface area contributed by atoms with Crippen LogP contribution in [0, 0.1) is 23.7 Å². The van der Waals surface area contributed by atoms with E-state index >= 15 is 0 Å². The van der Waals surface area contributed by atoms with Crippen LogP contribution >= 0.6 is 0 Å². The first kappa shape index (κ1) is 24.5. The largest absolute Gasteiger partial charge is 1.00 e. The minimum Gasteiger partial charge on any atom is -1.00 e. The van der Waals surface area contributed by atoms with Crippen molar-refractivity contribution in [3.05, 3.63) is 0 Å². The van der Waals surface area contributed by atoms with Gasteiger partial charge in [0.25, 0.3) is 0 Å². The van der Waals surface area contributed by atoms with Gasteiger partial charge in [-0.05, 0) is 62.7 Å². The lowest BCUT2D eigenvalue weighted by Crippen LogP contribution is -3.00. The summed E-state index contributed by atoms with van der Waals surface area (Å²) < 4.78 is 1.54. The molecule has 4 bridgehead atoms. The van der Waals surface area contributed by atoms with E-state index in [9.17, 15) is 0 Å². The van der Waals surface area contributed by atoms with Gasteiger partial charge in [0.05, 0.1) is 19.6 Å². The van der Waals surface area contributed by atoms with E-state index in [-0.39, 0.29) is 12.4 Å². The van der Waals surface area contributed by atoms with Gasteiger partial charge in [-0.3, -0.25) is 0 Å². The second kappa shape index (κ2) is 11.0. The fourth-order valence-corrected chi connectivity index (χ4v) is 8.16. The lowest BCUT2D eigenvalue weighted by atomic mass is 9.46. The van der Waals surface area contributed by atoms with Crippen LogP contribution in [0.4, 0.5) is 0 Å². The third-order valence-corrected chi connectivity index (χ3v) is 9.11. The van der Waals surface area contributed by atoms with Crippen molar-refractivity contribution >= 4 is 0 Å². The maximum absolute atomic E-state index is 2.42. The van der Waals surface area contributed by atoms with E-state index in [1.54, 1.807) is 43.0 Å². The first-order chi connectivity index (χ1) is 13.1. The zero-order valence-electron chi connectivity index (χ0n) is 19.7. The van der Waals surface area contributed by atoms with Gasteiger partial charge in [0.2, 0.25) is 0 Å². The van der Waals surface area contributed by atoms with Gasteiger partial charge < -0.3 is 16.9 Å². The zero-order chi connectivity index (χ0) is 19.3. The normalized spacial score (nSPS) is 33.9. The second-order valence-electron chi connectivity index (χ2n) is 10.8. The molecule has 1 nitrogen and oxygen atoms in total. The van der Waals surface area contributed by atoms with Crippen LogP contribution in [-0.2, 0) is 0 Å². The van der Waals surface area contributed by atoms with Crippen LogP contribution in [0.25, 0.3) is 0 Å². The quantitative estimate of drug-likeness (QED) is 0.389. The Hall–Kier alpha value is 0.250. The summed E-state index contributed by atoms with van der Waals surface area (Å²) in [4.78, 5) is 0. The number of quaternary nitrogens is 1. The molecule has 0 N–H and O–H groups in total. The molecule has 4 saturated carbocycles. The van der Waals surface area contributed by atoms with Gasteiger partial charge in [-0.25, -0.2) is 0 Å². The maximum atomic E-state index is 2.42. The van der Waals surface area contributed by atoms with Crippen LogP contribution in [0.1, 0.15) is 118 Å². The summed E-state index contributed by atoms with van der Waals surface area (Å²) in [6.07, 6.45) is 20.9. The van der Waals surface area contributed by atoms with E-state index in [2.05, 4.69) is 27.7 Å². The summed E-state index contributed by atoms with van der Waals surface area (Å²) in [6, 6.07) is 0. The molecular weight excluding hydrogens is 362 g/mol.